The van der Waals surface area contributed by atoms with Crippen molar-refractivity contribution in [2.24, 2.45) is 10.7 Å². The number of anilines is 2. The Balaban J connectivity index is 1.19. The molecule has 0 aliphatic heterocycles. The van der Waals surface area contributed by atoms with Crippen molar-refractivity contribution in [1.82, 2.24) is 5.32 Å². The first kappa shape index (κ1) is 35.5. The highest BCUT2D eigenvalue weighted by Gasteiger charge is 2.31. The third-order valence-electron chi connectivity index (χ3n) is 10.9. The molecular formula is C51H46N4. The van der Waals surface area contributed by atoms with Gasteiger partial charge in [0, 0.05) is 22.5 Å². The minimum absolute atomic E-state index is 0.161. The number of hydrogen-bond donors (Lipinski definition) is 3. The van der Waals surface area contributed by atoms with Crippen LogP contribution in [0.3, 0.4) is 0 Å². The van der Waals surface area contributed by atoms with Crippen LogP contribution in [0.4, 0.5) is 11.4 Å². The van der Waals surface area contributed by atoms with E-state index in [0.29, 0.717) is 0 Å². The molecule has 0 aromatic heterocycles. The van der Waals surface area contributed by atoms with E-state index < -0.39 is 5.54 Å². The monoisotopic (exact) mass is 714 g/mol. The van der Waals surface area contributed by atoms with E-state index >= 15 is 0 Å². The fourth-order valence-corrected chi connectivity index (χ4v) is 7.92. The zero-order valence-electron chi connectivity index (χ0n) is 31.5. The molecule has 4 nitrogen and oxygen atoms in total. The maximum Gasteiger partial charge on any atom is 0.130 e. The van der Waals surface area contributed by atoms with Gasteiger partial charge in [-0.25, -0.2) is 0 Å². The smallest absolute Gasteiger partial charge is 0.130 e. The zero-order valence-corrected chi connectivity index (χ0v) is 31.5. The molecule has 7 aromatic rings. The molecule has 1 aliphatic rings. The highest BCUT2D eigenvalue weighted by atomic mass is 15.1. The predicted molar refractivity (Wildman–Crippen MR) is 236 cm³/mol. The first-order chi connectivity index (χ1) is 26.9. The van der Waals surface area contributed by atoms with Gasteiger partial charge < -0.3 is 16.4 Å². The summed E-state index contributed by atoms with van der Waals surface area (Å²) < 4.78 is 0. The van der Waals surface area contributed by atoms with E-state index in [2.05, 4.69) is 194 Å². The molecule has 7 aromatic carbocycles. The molecule has 0 heterocycles. The molecule has 4 N–H and O–H groups in total. The van der Waals surface area contributed by atoms with E-state index in [4.69, 9.17) is 17.3 Å². The van der Waals surface area contributed by atoms with Crippen LogP contribution in [0, 0.1) is 0 Å². The lowest BCUT2D eigenvalue weighted by Crippen LogP contribution is -2.45. The summed E-state index contributed by atoms with van der Waals surface area (Å²) >= 11 is 0. The van der Waals surface area contributed by atoms with Gasteiger partial charge in [0.1, 0.15) is 5.84 Å². The summed E-state index contributed by atoms with van der Waals surface area (Å²) in [6.45, 7) is 9.19. The Bertz CT molecular complexity index is 2670. The highest BCUT2D eigenvalue weighted by molar-refractivity contribution is 6.04. The highest BCUT2D eigenvalue weighted by Crippen LogP contribution is 2.41. The van der Waals surface area contributed by atoms with Gasteiger partial charge in [0.2, 0.25) is 0 Å². The van der Waals surface area contributed by atoms with E-state index in [-0.39, 0.29) is 6.67 Å². The van der Waals surface area contributed by atoms with Crippen LogP contribution < -0.4 is 16.4 Å². The maximum atomic E-state index is 6.13. The molecule has 1 aliphatic carbocycles. The quantitative estimate of drug-likeness (QED) is 0.0976. The second-order valence-corrected chi connectivity index (χ2v) is 14.3. The summed E-state index contributed by atoms with van der Waals surface area (Å²) in [5.74, 6) is 0.745. The standard InChI is InChI=1S/C51H46N4/c1-4-13-38-16-9-11-20-46(38)35(2)49-47-21-12-10-17-39(47)25-31-48(49)54-45-29-27-43(28-30-45)51(3,44-26-24-37-15-6-8-19-41(37)33-44)55-50(53-34-52)42-23-22-36-14-5-7-18-40(36)32-42/h4-10,12-19,21-33,54H,2,11,20,34,52H2,1,3H3,(H,53,55)/b13-4-. The molecule has 0 saturated carbocycles. The van der Waals surface area contributed by atoms with Gasteiger partial charge >= 0.3 is 0 Å². The first-order valence-corrected chi connectivity index (χ1v) is 19.1. The van der Waals surface area contributed by atoms with Crippen LogP contribution in [0.25, 0.3) is 37.9 Å². The molecule has 0 amide bonds. The summed E-state index contributed by atoms with van der Waals surface area (Å²) in [6.07, 6.45) is 10.7. The molecule has 1 unspecified atom stereocenters. The molecule has 55 heavy (non-hydrogen) atoms. The van der Waals surface area contributed by atoms with E-state index in [0.717, 1.165) is 63.3 Å². The molecule has 0 spiro atoms. The Morgan fingerprint density at radius 1 is 0.745 bits per heavy atom. The Labute approximate surface area is 324 Å². The third kappa shape index (κ3) is 7.13. The van der Waals surface area contributed by atoms with E-state index in [9.17, 15) is 0 Å². The van der Waals surface area contributed by atoms with Crippen molar-refractivity contribution in [3.63, 3.8) is 0 Å². The lowest BCUT2D eigenvalue weighted by molar-refractivity contribution is 0.530. The Morgan fingerprint density at radius 2 is 1.38 bits per heavy atom. The minimum Gasteiger partial charge on any atom is -0.356 e. The average molecular weight is 715 g/mol. The molecule has 8 rings (SSSR count). The van der Waals surface area contributed by atoms with Gasteiger partial charge in [-0.05, 0) is 117 Å². The molecular weight excluding hydrogens is 669 g/mol. The number of nitrogens with zero attached hydrogens (tertiary/aromatic N) is 1. The van der Waals surface area contributed by atoms with Gasteiger partial charge in [0.25, 0.3) is 0 Å². The number of nitrogens with one attached hydrogen (secondary N) is 2. The predicted octanol–water partition coefficient (Wildman–Crippen LogP) is 12.3. The summed E-state index contributed by atoms with van der Waals surface area (Å²) in [5.41, 5.74) is 15.4. The van der Waals surface area contributed by atoms with E-state index in [1.807, 2.05) is 0 Å². The van der Waals surface area contributed by atoms with Gasteiger partial charge in [0.15, 0.2) is 0 Å². The number of nitrogens with two attached hydrogens (primary N) is 1. The van der Waals surface area contributed by atoms with Crippen LogP contribution in [0.2, 0.25) is 0 Å². The maximum absolute atomic E-state index is 6.13. The van der Waals surface area contributed by atoms with Crippen molar-refractivity contribution in [3.05, 3.63) is 210 Å². The molecule has 270 valence electrons. The zero-order chi connectivity index (χ0) is 37.8. The van der Waals surface area contributed by atoms with Crippen LogP contribution in [0.5, 0.6) is 0 Å². The minimum atomic E-state index is -0.658. The lowest BCUT2D eigenvalue weighted by Gasteiger charge is -2.34. The van der Waals surface area contributed by atoms with Gasteiger partial charge in [-0.2, -0.15) is 0 Å². The number of rotatable bonds is 10. The molecule has 0 fully saturated rings. The van der Waals surface area contributed by atoms with Crippen molar-refractivity contribution in [2.45, 2.75) is 32.2 Å². The molecule has 4 heteroatoms. The van der Waals surface area contributed by atoms with Crippen molar-refractivity contribution in [3.8, 4) is 0 Å². The molecule has 0 radical (unpaired) electrons. The van der Waals surface area contributed by atoms with Crippen molar-refractivity contribution in [1.29, 1.82) is 0 Å². The van der Waals surface area contributed by atoms with E-state index in [1.165, 1.54) is 38.1 Å². The summed E-state index contributed by atoms with van der Waals surface area (Å²) in [5, 5.41) is 14.8. The third-order valence-corrected chi connectivity index (χ3v) is 10.9. The number of benzene rings is 7. The van der Waals surface area contributed by atoms with Gasteiger partial charge in [-0.1, -0.05) is 146 Å². The van der Waals surface area contributed by atoms with Crippen LogP contribution in [0.15, 0.2) is 193 Å². The summed E-state index contributed by atoms with van der Waals surface area (Å²) in [7, 11) is 0. The molecule has 0 saturated heterocycles. The normalized spacial score (nSPS) is 14.5. The fraction of sp³-hybridized carbons (Fsp3) is 0.118. The van der Waals surface area contributed by atoms with Crippen LogP contribution >= 0.6 is 0 Å². The average Bonchev–Trinajstić information content (AvgIpc) is 3.23. The number of fused-ring (bicyclic) bond motifs is 3. The van der Waals surface area contributed by atoms with Gasteiger partial charge in [0.05, 0.1) is 12.2 Å². The summed E-state index contributed by atoms with van der Waals surface area (Å²) in [4.78, 5) is 4.83. The second-order valence-electron chi connectivity index (χ2n) is 14.3. The largest absolute Gasteiger partial charge is 0.356 e. The van der Waals surface area contributed by atoms with Crippen molar-refractivity contribution in [2.75, 3.05) is 12.0 Å². The molecule has 1 atom stereocenters. The number of hydrogen-bond acceptors (Lipinski definition) is 3. The van der Waals surface area contributed by atoms with Crippen LogP contribution in [0.1, 0.15) is 48.9 Å². The number of amidine groups is 1. The van der Waals surface area contributed by atoms with Gasteiger partial charge in [-0.3, -0.25) is 4.99 Å². The van der Waals surface area contributed by atoms with E-state index in [1.54, 1.807) is 0 Å². The second kappa shape index (κ2) is 15.5. The Kier molecular flexibility index (Phi) is 9.99. The van der Waals surface area contributed by atoms with Gasteiger partial charge in [-0.15, -0.1) is 0 Å². The summed E-state index contributed by atoms with van der Waals surface area (Å²) in [6, 6.07) is 51.7. The fourth-order valence-electron chi connectivity index (χ4n) is 7.92. The topological polar surface area (TPSA) is 62.4 Å². The SMILES string of the molecule is C=C(C1=C(/C=C\C)C=CCC1)c1c(Nc2ccc(C(C)(N/C(=N\CN)c3ccc4ccccc4c3)c3ccc4ccccc4c3)cc2)ccc2ccccc12. The van der Waals surface area contributed by atoms with Crippen LogP contribution in [-0.2, 0) is 5.54 Å². The lowest BCUT2D eigenvalue weighted by atomic mass is 9.83. The number of aliphatic imine (C=N–C) groups is 1. The Morgan fingerprint density at radius 3 is 2.11 bits per heavy atom. The van der Waals surface area contributed by atoms with Crippen LogP contribution in [-0.4, -0.2) is 12.5 Å². The van der Waals surface area contributed by atoms with Crippen molar-refractivity contribution >= 4 is 55.1 Å². The molecule has 0 bridgehead atoms. The van der Waals surface area contributed by atoms with Crippen molar-refractivity contribution < 1.29 is 0 Å². The number of allylic oxidation sites excluding steroid dienone is 7. The first-order valence-electron chi connectivity index (χ1n) is 19.1. The Hall–Kier alpha value is -6.49.